The SMILES string of the molecule is C=C(C)c1cccc(C(C)(C)NC(=O)OCCOCCN(CC(CC)CCCC)CC(CC)CCCC)c1. The molecule has 0 radical (unpaired) electrons. The molecule has 0 aromatic heterocycles. The monoisotopic (exact) mass is 530 g/mol. The highest BCUT2D eigenvalue weighted by atomic mass is 16.6. The summed E-state index contributed by atoms with van der Waals surface area (Å²) >= 11 is 0. The lowest BCUT2D eigenvalue weighted by Crippen LogP contribution is -2.41. The van der Waals surface area contributed by atoms with Gasteiger partial charge in [-0.2, -0.15) is 0 Å². The molecule has 218 valence electrons. The van der Waals surface area contributed by atoms with Gasteiger partial charge in [-0.15, -0.1) is 0 Å². The second-order valence-electron chi connectivity index (χ2n) is 11.5. The Bertz CT molecular complexity index is 774. The maximum absolute atomic E-state index is 12.5. The Labute approximate surface area is 234 Å². The highest BCUT2D eigenvalue weighted by molar-refractivity contribution is 5.69. The van der Waals surface area contributed by atoms with E-state index in [-0.39, 0.29) is 6.61 Å². The molecule has 1 rings (SSSR count). The summed E-state index contributed by atoms with van der Waals surface area (Å²) in [6.07, 6.45) is 9.82. The zero-order valence-electron chi connectivity index (χ0n) is 25.7. The fraction of sp³-hybridized carbons (Fsp3) is 0.727. The first-order valence-electron chi connectivity index (χ1n) is 15.2. The molecule has 0 heterocycles. The lowest BCUT2D eigenvalue weighted by molar-refractivity contribution is 0.0518. The first kappa shape index (κ1) is 34.2. The van der Waals surface area contributed by atoms with E-state index >= 15 is 0 Å². The van der Waals surface area contributed by atoms with Crippen LogP contribution in [0.4, 0.5) is 4.79 Å². The van der Waals surface area contributed by atoms with Crippen LogP contribution in [0.15, 0.2) is 30.8 Å². The van der Waals surface area contributed by atoms with Crippen molar-refractivity contribution >= 4 is 11.7 Å². The third kappa shape index (κ3) is 13.8. The zero-order chi connectivity index (χ0) is 28.4. The number of carbonyl (C=O) groups is 1. The van der Waals surface area contributed by atoms with E-state index < -0.39 is 11.6 Å². The van der Waals surface area contributed by atoms with Crippen molar-refractivity contribution in [1.82, 2.24) is 10.2 Å². The number of nitrogens with one attached hydrogen (secondary N) is 1. The van der Waals surface area contributed by atoms with Crippen molar-refractivity contribution in [3.63, 3.8) is 0 Å². The number of hydrogen-bond acceptors (Lipinski definition) is 4. The van der Waals surface area contributed by atoms with Crippen molar-refractivity contribution in [2.24, 2.45) is 11.8 Å². The number of carbonyl (C=O) groups excluding carboxylic acids is 1. The maximum atomic E-state index is 12.5. The second kappa shape index (κ2) is 19.2. The fourth-order valence-electron chi connectivity index (χ4n) is 4.85. The van der Waals surface area contributed by atoms with Crippen LogP contribution >= 0.6 is 0 Å². The van der Waals surface area contributed by atoms with Gasteiger partial charge >= 0.3 is 6.09 Å². The van der Waals surface area contributed by atoms with Crippen LogP contribution in [-0.4, -0.2) is 50.4 Å². The summed E-state index contributed by atoms with van der Waals surface area (Å²) in [4.78, 5) is 15.1. The van der Waals surface area contributed by atoms with Crippen molar-refractivity contribution < 1.29 is 14.3 Å². The number of unbranched alkanes of at least 4 members (excludes halogenated alkanes) is 2. The van der Waals surface area contributed by atoms with Crippen LogP contribution in [0.25, 0.3) is 5.57 Å². The highest BCUT2D eigenvalue weighted by Crippen LogP contribution is 2.24. The Morgan fingerprint density at radius 3 is 2.11 bits per heavy atom. The summed E-state index contributed by atoms with van der Waals surface area (Å²) < 4.78 is 11.3. The van der Waals surface area contributed by atoms with Gasteiger partial charge < -0.3 is 19.7 Å². The average molecular weight is 531 g/mol. The summed E-state index contributed by atoms with van der Waals surface area (Å²) in [5.74, 6) is 1.51. The van der Waals surface area contributed by atoms with Crippen LogP contribution in [0, 0.1) is 11.8 Å². The average Bonchev–Trinajstić information content (AvgIpc) is 2.90. The van der Waals surface area contributed by atoms with E-state index in [0.29, 0.717) is 13.2 Å². The summed E-state index contributed by atoms with van der Waals surface area (Å²) in [6, 6.07) is 8.09. The highest BCUT2D eigenvalue weighted by Gasteiger charge is 2.24. The van der Waals surface area contributed by atoms with E-state index in [0.717, 1.165) is 48.2 Å². The molecular weight excluding hydrogens is 472 g/mol. The number of amides is 1. The molecule has 0 bridgehead atoms. The van der Waals surface area contributed by atoms with E-state index in [1.165, 1.54) is 51.4 Å². The molecule has 5 heteroatoms. The van der Waals surface area contributed by atoms with Crippen molar-refractivity contribution in [2.75, 3.05) is 39.5 Å². The van der Waals surface area contributed by atoms with Crippen LogP contribution < -0.4 is 5.32 Å². The number of hydrogen-bond donors (Lipinski definition) is 1. The van der Waals surface area contributed by atoms with Gasteiger partial charge in [-0.05, 0) is 62.6 Å². The topological polar surface area (TPSA) is 50.8 Å². The summed E-state index contributed by atoms with van der Waals surface area (Å²) in [5, 5.41) is 2.98. The first-order chi connectivity index (χ1) is 18.2. The summed E-state index contributed by atoms with van der Waals surface area (Å²) in [5.41, 5.74) is 2.53. The standard InChI is InChI=1S/C33H58N2O3/c1-9-13-16-28(11-3)25-35(26-29(12-4)17-14-10-2)20-21-37-22-23-38-32(36)34-33(7,8)31-19-15-18-30(24-31)27(5)6/h15,18-19,24,28-29H,5,9-14,16-17,20-23,25-26H2,1-4,6-8H3,(H,34,36). The maximum Gasteiger partial charge on any atom is 0.407 e. The van der Waals surface area contributed by atoms with Crippen molar-refractivity contribution in [2.45, 2.75) is 105 Å². The molecule has 0 aliphatic carbocycles. The molecule has 0 saturated heterocycles. The number of alkyl carbamates (subject to hydrolysis) is 1. The summed E-state index contributed by atoms with van der Waals surface area (Å²) in [6.45, 7) is 23.7. The first-order valence-corrected chi connectivity index (χ1v) is 15.2. The molecule has 0 fully saturated rings. The molecule has 0 spiro atoms. The Hall–Kier alpha value is -1.85. The Kier molecular flexibility index (Phi) is 17.3. The molecule has 5 nitrogen and oxygen atoms in total. The molecule has 0 aliphatic heterocycles. The van der Waals surface area contributed by atoms with Gasteiger partial charge in [-0.25, -0.2) is 4.79 Å². The van der Waals surface area contributed by atoms with Crippen LogP contribution in [0.2, 0.25) is 0 Å². The van der Waals surface area contributed by atoms with Crippen LogP contribution in [0.5, 0.6) is 0 Å². The third-order valence-corrected chi connectivity index (χ3v) is 7.62. The molecule has 1 amide bonds. The van der Waals surface area contributed by atoms with E-state index in [9.17, 15) is 4.79 Å². The molecule has 1 N–H and O–H groups in total. The number of ether oxygens (including phenoxy) is 2. The number of nitrogens with zero attached hydrogens (tertiary/aromatic N) is 1. The molecule has 2 unspecified atom stereocenters. The molecule has 38 heavy (non-hydrogen) atoms. The van der Waals surface area contributed by atoms with Crippen molar-refractivity contribution in [3.05, 3.63) is 42.0 Å². The van der Waals surface area contributed by atoms with Gasteiger partial charge in [0.05, 0.1) is 18.8 Å². The van der Waals surface area contributed by atoms with Gasteiger partial charge in [-0.1, -0.05) is 96.6 Å². The van der Waals surface area contributed by atoms with Crippen LogP contribution in [0.3, 0.4) is 0 Å². The van der Waals surface area contributed by atoms with Gasteiger partial charge in [0, 0.05) is 19.6 Å². The molecule has 2 atom stereocenters. The Balaban J connectivity index is 2.50. The normalized spacial score (nSPS) is 13.4. The zero-order valence-corrected chi connectivity index (χ0v) is 25.7. The molecular formula is C33H58N2O3. The van der Waals surface area contributed by atoms with Gasteiger partial charge in [0.25, 0.3) is 0 Å². The lowest BCUT2D eigenvalue weighted by atomic mass is 9.92. The molecule has 0 saturated carbocycles. The Morgan fingerprint density at radius 2 is 1.58 bits per heavy atom. The fourth-order valence-corrected chi connectivity index (χ4v) is 4.85. The minimum Gasteiger partial charge on any atom is -0.447 e. The van der Waals surface area contributed by atoms with Crippen molar-refractivity contribution in [1.29, 1.82) is 0 Å². The molecule has 1 aromatic carbocycles. The number of rotatable bonds is 21. The predicted molar refractivity (Wildman–Crippen MR) is 163 cm³/mol. The predicted octanol–water partition coefficient (Wildman–Crippen LogP) is 8.43. The molecule has 0 aliphatic rings. The number of allylic oxidation sites excluding steroid dienone is 1. The van der Waals surface area contributed by atoms with E-state index in [1.807, 2.05) is 39.0 Å². The largest absolute Gasteiger partial charge is 0.447 e. The van der Waals surface area contributed by atoms with E-state index in [4.69, 9.17) is 9.47 Å². The number of benzene rings is 1. The smallest absolute Gasteiger partial charge is 0.407 e. The minimum atomic E-state index is -0.551. The molecule has 1 aromatic rings. The quantitative estimate of drug-likeness (QED) is 0.162. The lowest BCUT2D eigenvalue weighted by Gasteiger charge is -2.30. The van der Waals surface area contributed by atoms with Gasteiger partial charge in [0.1, 0.15) is 6.61 Å². The Morgan fingerprint density at radius 1 is 0.974 bits per heavy atom. The van der Waals surface area contributed by atoms with Crippen molar-refractivity contribution in [3.8, 4) is 0 Å². The van der Waals surface area contributed by atoms with Gasteiger partial charge in [-0.3, -0.25) is 0 Å². The minimum absolute atomic E-state index is 0.246. The van der Waals surface area contributed by atoms with E-state index in [2.05, 4.69) is 50.6 Å². The van der Waals surface area contributed by atoms with Gasteiger partial charge in [0.2, 0.25) is 0 Å². The van der Waals surface area contributed by atoms with Crippen LogP contribution in [0.1, 0.15) is 111 Å². The third-order valence-electron chi connectivity index (χ3n) is 7.62. The second-order valence-corrected chi connectivity index (χ2v) is 11.5. The van der Waals surface area contributed by atoms with Crippen LogP contribution in [-0.2, 0) is 15.0 Å². The summed E-state index contributed by atoms with van der Waals surface area (Å²) in [7, 11) is 0. The van der Waals surface area contributed by atoms with Gasteiger partial charge in [0.15, 0.2) is 0 Å². The van der Waals surface area contributed by atoms with E-state index in [1.54, 1.807) is 0 Å².